The number of fused-ring (bicyclic) bond motifs is 1. The third-order valence-corrected chi connectivity index (χ3v) is 7.50. The molecule has 2 aliphatic rings. The second-order valence-corrected chi connectivity index (χ2v) is 10.1. The maximum atomic E-state index is 13.4. The number of halogens is 1. The number of hydrogen-bond donors (Lipinski definition) is 1. The van der Waals surface area contributed by atoms with Gasteiger partial charge in [-0.05, 0) is 49.9 Å². The van der Waals surface area contributed by atoms with Gasteiger partial charge in [0.1, 0.15) is 11.6 Å². The SMILES string of the molecule is Cc1cc(C)cc(C2(Cc3nc(=O)c(O)c4n3CCN(Cc3ccc(F)cc3)C4=O)CCCC2)c1. The third kappa shape index (κ3) is 4.35. The Morgan fingerprint density at radius 3 is 2.31 bits per heavy atom. The fourth-order valence-electron chi connectivity index (χ4n) is 5.82. The number of aromatic nitrogens is 2. The number of aryl methyl sites for hydroxylation is 2. The van der Waals surface area contributed by atoms with E-state index in [1.165, 1.54) is 28.8 Å². The van der Waals surface area contributed by atoms with E-state index in [0.717, 1.165) is 31.2 Å². The molecule has 0 radical (unpaired) electrons. The highest BCUT2D eigenvalue weighted by Crippen LogP contribution is 2.44. The van der Waals surface area contributed by atoms with E-state index < -0.39 is 17.2 Å². The standard InChI is InChI=1S/C28H30FN3O3/c1-18-13-19(2)15-21(14-18)28(9-3-4-10-28)16-23-30-26(34)25(33)24-27(35)31(11-12-32(23)24)17-20-5-7-22(29)8-6-20/h5-8,13-15,33H,3-4,9-12,16-17H2,1-2H3. The summed E-state index contributed by atoms with van der Waals surface area (Å²) in [5, 5.41) is 10.6. The maximum absolute atomic E-state index is 13.4. The van der Waals surface area contributed by atoms with Gasteiger partial charge in [-0.3, -0.25) is 9.59 Å². The van der Waals surface area contributed by atoms with E-state index in [2.05, 4.69) is 37.0 Å². The Morgan fingerprint density at radius 2 is 1.66 bits per heavy atom. The summed E-state index contributed by atoms with van der Waals surface area (Å²) < 4.78 is 15.0. The molecule has 1 fully saturated rings. The maximum Gasteiger partial charge on any atom is 0.315 e. The fourth-order valence-corrected chi connectivity index (χ4v) is 5.82. The van der Waals surface area contributed by atoms with Gasteiger partial charge in [-0.1, -0.05) is 54.3 Å². The van der Waals surface area contributed by atoms with E-state index in [1.807, 2.05) is 0 Å². The van der Waals surface area contributed by atoms with Crippen LogP contribution in [0.1, 0.15) is 64.2 Å². The number of benzene rings is 2. The van der Waals surface area contributed by atoms with Crippen molar-refractivity contribution in [3.05, 3.63) is 92.4 Å². The lowest BCUT2D eigenvalue weighted by molar-refractivity contribution is 0.0678. The minimum atomic E-state index is -0.767. The molecule has 0 atom stereocenters. The monoisotopic (exact) mass is 475 g/mol. The summed E-state index contributed by atoms with van der Waals surface area (Å²) >= 11 is 0. The van der Waals surface area contributed by atoms with Crippen molar-refractivity contribution in [1.29, 1.82) is 0 Å². The topological polar surface area (TPSA) is 75.4 Å². The molecule has 1 saturated carbocycles. The zero-order valence-electron chi connectivity index (χ0n) is 20.2. The minimum absolute atomic E-state index is 0.00179. The van der Waals surface area contributed by atoms with Gasteiger partial charge in [0.15, 0.2) is 5.69 Å². The van der Waals surface area contributed by atoms with Gasteiger partial charge in [-0.25, -0.2) is 4.39 Å². The summed E-state index contributed by atoms with van der Waals surface area (Å²) in [4.78, 5) is 31.9. The largest absolute Gasteiger partial charge is 0.501 e. The van der Waals surface area contributed by atoms with Crippen LogP contribution in [0.15, 0.2) is 47.3 Å². The van der Waals surface area contributed by atoms with Gasteiger partial charge in [-0.15, -0.1) is 0 Å². The molecule has 1 aromatic heterocycles. The van der Waals surface area contributed by atoms with Gasteiger partial charge < -0.3 is 14.6 Å². The summed E-state index contributed by atoms with van der Waals surface area (Å²) in [6, 6.07) is 12.6. The molecule has 0 saturated heterocycles. The molecule has 2 aromatic carbocycles. The molecule has 6 nitrogen and oxygen atoms in total. The molecular weight excluding hydrogens is 445 g/mol. The molecule has 1 amide bonds. The number of aromatic hydroxyl groups is 1. The molecule has 1 aliphatic heterocycles. The van der Waals surface area contributed by atoms with Crippen molar-refractivity contribution in [2.24, 2.45) is 0 Å². The van der Waals surface area contributed by atoms with Crippen molar-refractivity contribution >= 4 is 5.91 Å². The normalized spacial score (nSPS) is 17.0. The van der Waals surface area contributed by atoms with Gasteiger partial charge in [0.25, 0.3) is 5.91 Å². The summed E-state index contributed by atoms with van der Waals surface area (Å²) in [5.41, 5.74) is 3.53. The first-order chi connectivity index (χ1) is 16.8. The molecular formula is C28H30FN3O3. The lowest BCUT2D eigenvalue weighted by Crippen LogP contribution is -2.43. The Hall–Kier alpha value is -3.48. The average Bonchev–Trinajstić information content (AvgIpc) is 3.29. The van der Waals surface area contributed by atoms with Gasteiger partial charge in [-0.2, -0.15) is 4.98 Å². The van der Waals surface area contributed by atoms with Crippen LogP contribution in [0, 0.1) is 19.7 Å². The van der Waals surface area contributed by atoms with Crippen molar-refractivity contribution in [1.82, 2.24) is 14.5 Å². The van der Waals surface area contributed by atoms with Crippen LogP contribution in [-0.2, 0) is 24.9 Å². The highest BCUT2D eigenvalue weighted by molar-refractivity contribution is 5.95. The van der Waals surface area contributed by atoms with Crippen LogP contribution in [0.3, 0.4) is 0 Å². The Labute approximate surface area is 204 Å². The van der Waals surface area contributed by atoms with Crippen LogP contribution in [-0.4, -0.2) is 32.0 Å². The molecule has 2 heterocycles. The first-order valence-corrected chi connectivity index (χ1v) is 12.2. The Bertz CT molecular complexity index is 1320. The molecule has 5 rings (SSSR count). The van der Waals surface area contributed by atoms with Crippen LogP contribution in [0.4, 0.5) is 4.39 Å². The fraction of sp³-hybridized carbons (Fsp3) is 0.393. The van der Waals surface area contributed by atoms with Crippen LogP contribution in [0.25, 0.3) is 0 Å². The van der Waals surface area contributed by atoms with Gasteiger partial charge in [0.2, 0.25) is 5.75 Å². The second-order valence-electron chi connectivity index (χ2n) is 10.1. The van der Waals surface area contributed by atoms with Gasteiger partial charge in [0, 0.05) is 31.5 Å². The molecule has 3 aromatic rings. The van der Waals surface area contributed by atoms with Crippen molar-refractivity contribution in [2.75, 3.05) is 6.54 Å². The zero-order chi connectivity index (χ0) is 24.7. The zero-order valence-corrected chi connectivity index (χ0v) is 20.2. The molecule has 1 N–H and O–H groups in total. The first-order valence-electron chi connectivity index (χ1n) is 12.2. The molecule has 0 spiro atoms. The van der Waals surface area contributed by atoms with E-state index >= 15 is 0 Å². The number of carbonyl (C=O) groups excluding carboxylic acids is 1. The summed E-state index contributed by atoms with van der Waals surface area (Å²) in [7, 11) is 0. The number of amides is 1. The molecule has 35 heavy (non-hydrogen) atoms. The average molecular weight is 476 g/mol. The van der Waals surface area contributed by atoms with Crippen molar-refractivity contribution in [2.45, 2.75) is 64.5 Å². The molecule has 0 bridgehead atoms. The number of nitrogens with zero attached hydrogens (tertiary/aromatic N) is 3. The van der Waals surface area contributed by atoms with E-state index in [-0.39, 0.29) is 23.5 Å². The lowest BCUT2D eigenvalue weighted by Gasteiger charge is -2.35. The minimum Gasteiger partial charge on any atom is -0.501 e. The number of carbonyl (C=O) groups is 1. The second kappa shape index (κ2) is 8.95. The van der Waals surface area contributed by atoms with Gasteiger partial charge in [0.05, 0.1) is 0 Å². The molecule has 182 valence electrons. The smallest absolute Gasteiger partial charge is 0.315 e. The van der Waals surface area contributed by atoms with Crippen molar-refractivity contribution < 1.29 is 14.3 Å². The molecule has 1 aliphatic carbocycles. The Morgan fingerprint density at radius 1 is 1.00 bits per heavy atom. The van der Waals surface area contributed by atoms with E-state index in [1.54, 1.807) is 21.6 Å². The third-order valence-electron chi connectivity index (χ3n) is 7.50. The quantitative estimate of drug-likeness (QED) is 0.593. The molecule has 0 unspecified atom stereocenters. The number of rotatable bonds is 5. The van der Waals surface area contributed by atoms with E-state index in [9.17, 15) is 19.1 Å². The molecule has 7 heteroatoms. The predicted octanol–water partition coefficient (Wildman–Crippen LogP) is 4.42. The summed E-state index contributed by atoms with van der Waals surface area (Å²) in [5.74, 6) is -0.799. The lowest BCUT2D eigenvalue weighted by atomic mass is 9.75. The van der Waals surface area contributed by atoms with Gasteiger partial charge >= 0.3 is 5.56 Å². The van der Waals surface area contributed by atoms with E-state index in [0.29, 0.717) is 25.3 Å². The van der Waals surface area contributed by atoms with E-state index in [4.69, 9.17) is 0 Å². The number of hydrogen-bond acceptors (Lipinski definition) is 4. The van der Waals surface area contributed by atoms with Crippen LogP contribution >= 0.6 is 0 Å². The highest BCUT2D eigenvalue weighted by Gasteiger charge is 2.39. The van der Waals surface area contributed by atoms with Crippen LogP contribution < -0.4 is 5.56 Å². The summed E-state index contributed by atoms with van der Waals surface area (Å²) in [6.07, 6.45) is 4.74. The first kappa shape index (κ1) is 23.3. The highest BCUT2D eigenvalue weighted by atomic mass is 19.1. The Kier molecular flexibility index (Phi) is 5.95. The summed E-state index contributed by atoms with van der Waals surface area (Å²) in [6.45, 7) is 5.31. The van der Waals surface area contributed by atoms with Crippen LogP contribution in [0.5, 0.6) is 5.75 Å². The van der Waals surface area contributed by atoms with Crippen LogP contribution in [0.2, 0.25) is 0 Å². The Balaban J connectivity index is 1.52. The van der Waals surface area contributed by atoms with Crippen molar-refractivity contribution in [3.8, 4) is 5.75 Å². The van der Waals surface area contributed by atoms with Crippen molar-refractivity contribution in [3.63, 3.8) is 0 Å². The predicted molar refractivity (Wildman–Crippen MR) is 131 cm³/mol.